The second-order valence-corrected chi connectivity index (χ2v) is 5.44. The summed E-state index contributed by atoms with van der Waals surface area (Å²) in [5, 5.41) is 12.6. The van der Waals surface area contributed by atoms with Gasteiger partial charge in [0.2, 0.25) is 0 Å². The summed E-state index contributed by atoms with van der Waals surface area (Å²) >= 11 is 0. The van der Waals surface area contributed by atoms with Crippen LogP contribution in [0.4, 0.5) is 5.82 Å². The van der Waals surface area contributed by atoms with Crippen molar-refractivity contribution >= 4 is 11.8 Å². The number of rotatable bonds is 6. The average molecular weight is 293 g/mol. The van der Waals surface area contributed by atoms with Crippen LogP contribution in [0.5, 0.6) is 0 Å². The summed E-state index contributed by atoms with van der Waals surface area (Å²) in [6, 6.07) is 1.85. The summed E-state index contributed by atoms with van der Waals surface area (Å²) in [6.45, 7) is 5.61. The van der Waals surface area contributed by atoms with Crippen molar-refractivity contribution in [3.05, 3.63) is 17.6 Å². The molecule has 2 rings (SSSR count). The molecule has 0 aromatic carbocycles. The third-order valence-electron chi connectivity index (χ3n) is 3.87. The van der Waals surface area contributed by atoms with Crippen LogP contribution in [-0.2, 0) is 16.0 Å². The number of nitrogens with one attached hydrogen (secondary N) is 1. The summed E-state index contributed by atoms with van der Waals surface area (Å²) in [6.07, 6.45) is 2.38. The molecule has 0 radical (unpaired) electrons. The quantitative estimate of drug-likeness (QED) is 0.833. The Morgan fingerprint density at radius 3 is 2.81 bits per heavy atom. The predicted octanol–water partition coefficient (Wildman–Crippen LogP) is 1.89. The maximum absolute atomic E-state index is 11.5. The van der Waals surface area contributed by atoms with Gasteiger partial charge in [0.1, 0.15) is 11.6 Å². The third kappa shape index (κ3) is 4.39. The van der Waals surface area contributed by atoms with Crippen LogP contribution in [0.3, 0.4) is 0 Å². The average Bonchev–Trinajstić information content (AvgIpc) is 2.47. The molecule has 1 aliphatic heterocycles. The Balaban J connectivity index is 2.01. The number of carboxylic acid groups (broad SMARTS) is 1. The van der Waals surface area contributed by atoms with Crippen LogP contribution < -0.4 is 5.32 Å². The number of nitrogens with zero attached hydrogens (tertiary/aromatic N) is 2. The number of aliphatic carboxylic acids is 1. The number of aromatic nitrogens is 2. The molecule has 1 aliphatic rings. The van der Waals surface area contributed by atoms with Crippen LogP contribution in [-0.4, -0.2) is 40.8 Å². The van der Waals surface area contributed by atoms with E-state index in [2.05, 4.69) is 15.3 Å². The van der Waals surface area contributed by atoms with E-state index in [1.807, 2.05) is 19.9 Å². The first-order chi connectivity index (χ1) is 10.1. The van der Waals surface area contributed by atoms with Crippen molar-refractivity contribution in [1.82, 2.24) is 9.97 Å². The minimum Gasteiger partial charge on any atom is -0.481 e. The number of hydrogen-bond donors (Lipinski definition) is 2. The van der Waals surface area contributed by atoms with Gasteiger partial charge >= 0.3 is 5.97 Å². The Bertz CT molecular complexity index is 487. The highest BCUT2D eigenvalue weighted by atomic mass is 16.5. The molecule has 6 nitrogen and oxygen atoms in total. The highest BCUT2D eigenvalue weighted by Crippen LogP contribution is 2.24. The minimum atomic E-state index is -0.754. The Kier molecular flexibility index (Phi) is 5.50. The van der Waals surface area contributed by atoms with E-state index in [0.29, 0.717) is 25.6 Å². The fraction of sp³-hybridized carbons (Fsp3) is 0.667. The molecule has 0 amide bonds. The number of hydrogen-bond acceptors (Lipinski definition) is 5. The van der Waals surface area contributed by atoms with Crippen molar-refractivity contribution in [3.8, 4) is 0 Å². The van der Waals surface area contributed by atoms with E-state index in [0.717, 1.165) is 30.8 Å². The molecule has 1 unspecified atom stereocenters. The minimum absolute atomic E-state index is 0.164. The Hall–Kier alpha value is -1.69. The maximum atomic E-state index is 11.5. The van der Waals surface area contributed by atoms with E-state index in [1.54, 1.807) is 0 Å². The molecule has 2 heterocycles. The molecule has 116 valence electrons. The largest absolute Gasteiger partial charge is 0.481 e. The van der Waals surface area contributed by atoms with Crippen LogP contribution in [0.2, 0.25) is 0 Å². The molecule has 2 N–H and O–H groups in total. The summed E-state index contributed by atoms with van der Waals surface area (Å²) < 4.78 is 5.30. The van der Waals surface area contributed by atoms with Crippen molar-refractivity contribution < 1.29 is 14.6 Å². The van der Waals surface area contributed by atoms with Gasteiger partial charge in [-0.25, -0.2) is 9.97 Å². The zero-order chi connectivity index (χ0) is 15.2. The number of carboxylic acids is 1. The molecule has 0 aliphatic carbocycles. The van der Waals surface area contributed by atoms with Crippen molar-refractivity contribution in [2.24, 2.45) is 11.8 Å². The lowest BCUT2D eigenvalue weighted by Crippen LogP contribution is -2.34. The van der Waals surface area contributed by atoms with Gasteiger partial charge in [-0.2, -0.15) is 0 Å². The molecule has 0 bridgehead atoms. The smallest absolute Gasteiger partial charge is 0.308 e. The van der Waals surface area contributed by atoms with Gasteiger partial charge in [-0.15, -0.1) is 0 Å². The monoisotopic (exact) mass is 293 g/mol. The highest BCUT2D eigenvalue weighted by Gasteiger charge is 2.29. The molecule has 0 saturated carbocycles. The zero-order valence-corrected chi connectivity index (χ0v) is 12.6. The first-order valence-electron chi connectivity index (χ1n) is 7.49. The molecule has 0 spiro atoms. The van der Waals surface area contributed by atoms with Crippen LogP contribution in [0.25, 0.3) is 0 Å². The third-order valence-corrected chi connectivity index (χ3v) is 3.87. The summed E-state index contributed by atoms with van der Waals surface area (Å²) in [4.78, 5) is 20.2. The van der Waals surface area contributed by atoms with E-state index in [-0.39, 0.29) is 5.92 Å². The van der Waals surface area contributed by atoms with Gasteiger partial charge in [0.05, 0.1) is 5.92 Å². The van der Waals surface area contributed by atoms with Gasteiger partial charge in [-0.05, 0) is 25.7 Å². The summed E-state index contributed by atoms with van der Waals surface area (Å²) in [7, 11) is 0. The number of aryl methyl sites for hydroxylation is 2. The SMILES string of the molecule is CCc1nc(C)cc(NCC(C(=O)O)C2CCOCC2)n1. The Labute approximate surface area is 124 Å². The first kappa shape index (κ1) is 15.7. The molecule has 1 saturated heterocycles. The lowest BCUT2D eigenvalue weighted by atomic mass is 9.86. The number of anilines is 1. The number of carbonyl (C=O) groups is 1. The lowest BCUT2D eigenvalue weighted by molar-refractivity contribution is -0.144. The summed E-state index contributed by atoms with van der Waals surface area (Å²) in [5.41, 5.74) is 0.891. The molecular weight excluding hydrogens is 270 g/mol. The van der Waals surface area contributed by atoms with Crippen molar-refractivity contribution in [2.45, 2.75) is 33.1 Å². The Morgan fingerprint density at radius 1 is 1.48 bits per heavy atom. The van der Waals surface area contributed by atoms with Crippen LogP contribution >= 0.6 is 0 Å². The molecule has 1 aromatic heterocycles. The van der Waals surface area contributed by atoms with Gasteiger partial charge in [0.15, 0.2) is 0 Å². The normalized spacial score (nSPS) is 17.4. The standard InChI is InChI=1S/C15H23N3O3/c1-3-13-17-10(2)8-14(18-13)16-9-12(15(19)20)11-4-6-21-7-5-11/h8,11-12H,3-7,9H2,1-2H3,(H,19,20)(H,16,17,18). The second-order valence-electron chi connectivity index (χ2n) is 5.44. The van der Waals surface area contributed by atoms with Gasteiger partial charge in [0, 0.05) is 37.9 Å². The molecule has 1 fully saturated rings. The topological polar surface area (TPSA) is 84.3 Å². The van der Waals surface area contributed by atoms with Crippen molar-refractivity contribution in [3.63, 3.8) is 0 Å². The maximum Gasteiger partial charge on any atom is 0.308 e. The molecule has 1 aromatic rings. The van der Waals surface area contributed by atoms with Gasteiger partial charge in [0.25, 0.3) is 0 Å². The van der Waals surface area contributed by atoms with Crippen LogP contribution in [0, 0.1) is 18.8 Å². The fourth-order valence-corrected chi connectivity index (χ4v) is 2.67. The van der Waals surface area contributed by atoms with Crippen molar-refractivity contribution in [2.75, 3.05) is 25.1 Å². The fourth-order valence-electron chi connectivity index (χ4n) is 2.67. The molecule has 6 heteroatoms. The molecule has 21 heavy (non-hydrogen) atoms. The lowest BCUT2D eigenvalue weighted by Gasteiger charge is -2.27. The first-order valence-corrected chi connectivity index (χ1v) is 7.49. The van der Waals surface area contributed by atoms with Gasteiger partial charge in [-0.3, -0.25) is 4.79 Å². The van der Waals surface area contributed by atoms with E-state index in [1.165, 1.54) is 0 Å². The number of ether oxygens (including phenoxy) is 1. The van der Waals surface area contributed by atoms with Crippen LogP contribution in [0.1, 0.15) is 31.3 Å². The van der Waals surface area contributed by atoms with Gasteiger partial charge < -0.3 is 15.2 Å². The Morgan fingerprint density at radius 2 is 2.19 bits per heavy atom. The van der Waals surface area contributed by atoms with E-state index < -0.39 is 11.9 Å². The van der Waals surface area contributed by atoms with Gasteiger partial charge in [-0.1, -0.05) is 6.92 Å². The summed E-state index contributed by atoms with van der Waals surface area (Å²) in [5.74, 6) is 0.482. The highest BCUT2D eigenvalue weighted by molar-refractivity contribution is 5.71. The van der Waals surface area contributed by atoms with E-state index in [4.69, 9.17) is 4.74 Å². The zero-order valence-electron chi connectivity index (χ0n) is 12.6. The van der Waals surface area contributed by atoms with Crippen LogP contribution in [0.15, 0.2) is 6.07 Å². The second kappa shape index (κ2) is 7.36. The van der Waals surface area contributed by atoms with E-state index in [9.17, 15) is 9.90 Å². The molecular formula is C15H23N3O3. The predicted molar refractivity (Wildman–Crippen MR) is 79.3 cm³/mol. The van der Waals surface area contributed by atoms with E-state index >= 15 is 0 Å². The van der Waals surface area contributed by atoms with Crippen molar-refractivity contribution in [1.29, 1.82) is 0 Å². The molecule has 1 atom stereocenters.